The SMILES string of the molecule is CN(C)C1CCN(Cc2ccccc2CNC(C)(C)C)C1. The van der Waals surface area contributed by atoms with Gasteiger partial charge in [0.1, 0.15) is 0 Å². The Hall–Kier alpha value is -0.900. The van der Waals surface area contributed by atoms with E-state index in [-0.39, 0.29) is 5.54 Å². The van der Waals surface area contributed by atoms with Gasteiger partial charge in [-0.1, -0.05) is 24.3 Å². The molecule has 0 amide bonds. The van der Waals surface area contributed by atoms with Gasteiger partial charge in [-0.15, -0.1) is 0 Å². The maximum atomic E-state index is 3.60. The number of rotatable bonds is 5. The highest BCUT2D eigenvalue weighted by Crippen LogP contribution is 2.19. The molecule has 0 saturated carbocycles. The molecular formula is C18H31N3. The molecule has 1 unspecified atom stereocenters. The summed E-state index contributed by atoms with van der Waals surface area (Å²) in [6.45, 7) is 11.1. The van der Waals surface area contributed by atoms with Gasteiger partial charge in [-0.3, -0.25) is 4.90 Å². The van der Waals surface area contributed by atoms with Crippen LogP contribution in [0.3, 0.4) is 0 Å². The molecule has 0 radical (unpaired) electrons. The third kappa shape index (κ3) is 5.10. The van der Waals surface area contributed by atoms with Crippen molar-refractivity contribution in [3.05, 3.63) is 35.4 Å². The van der Waals surface area contributed by atoms with Crippen molar-refractivity contribution in [2.75, 3.05) is 27.2 Å². The van der Waals surface area contributed by atoms with Crippen molar-refractivity contribution < 1.29 is 0 Å². The normalized spacial score (nSPS) is 20.4. The minimum Gasteiger partial charge on any atom is -0.308 e. The fraction of sp³-hybridized carbons (Fsp3) is 0.667. The van der Waals surface area contributed by atoms with Crippen LogP contribution in [0.5, 0.6) is 0 Å². The lowest BCUT2D eigenvalue weighted by atomic mass is 10.0. The molecule has 0 bridgehead atoms. The molecule has 1 saturated heterocycles. The Kier molecular flexibility index (Phi) is 5.42. The predicted molar refractivity (Wildman–Crippen MR) is 90.4 cm³/mol. The topological polar surface area (TPSA) is 18.5 Å². The highest BCUT2D eigenvalue weighted by Gasteiger charge is 2.24. The van der Waals surface area contributed by atoms with Crippen molar-refractivity contribution in [2.24, 2.45) is 0 Å². The molecule has 0 spiro atoms. The van der Waals surface area contributed by atoms with E-state index in [0.717, 1.165) is 13.1 Å². The molecule has 0 aliphatic carbocycles. The van der Waals surface area contributed by atoms with Crippen LogP contribution in [0.2, 0.25) is 0 Å². The first-order valence-electron chi connectivity index (χ1n) is 8.06. The van der Waals surface area contributed by atoms with Crippen molar-refractivity contribution in [1.29, 1.82) is 0 Å². The first-order valence-corrected chi connectivity index (χ1v) is 8.06. The summed E-state index contributed by atoms with van der Waals surface area (Å²) in [4.78, 5) is 4.94. The Morgan fingerprint density at radius 1 is 1.19 bits per heavy atom. The van der Waals surface area contributed by atoms with Gasteiger partial charge in [0.15, 0.2) is 0 Å². The van der Waals surface area contributed by atoms with E-state index in [0.29, 0.717) is 6.04 Å². The first kappa shape index (κ1) is 16.5. The van der Waals surface area contributed by atoms with Crippen molar-refractivity contribution in [3.63, 3.8) is 0 Å². The Bertz CT molecular complexity index is 448. The molecule has 1 aromatic rings. The van der Waals surface area contributed by atoms with E-state index in [4.69, 9.17) is 0 Å². The maximum Gasteiger partial charge on any atom is 0.0237 e. The summed E-state index contributed by atoms with van der Waals surface area (Å²) in [5.74, 6) is 0. The smallest absolute Gasteiger partial charge is 0.0237 e. The zero-order valence-corrected chi connectivity index (χ0v) is 14.3. The molecule has 1 atom stereocenters. The van der Waals surface area contributed by atoms with Crippen molar-refractivity contribution >= 4 is 0 Å². The van der Waals surface area contributed by atoms with Gasteiger partial charge >= 0.3 is 0 Å². The van der Waals surface area contributed by atoms with Crippen LogP contribution in [0, 0.1) is 0 Å². The maximum absolute atomic E-state index is 3.60. The Labute approximate surface area is 130 Å². The summed E-state index contributed by atoms with van der Waals surface area (Å²) in [7, 11) is 4.38. The molecule has 2 rings (SSSR count). The van der Waals surface area contributed by atoms with Gasteiger partial charge in [0.2, 0.25) is 0 Å². The fourth-order valence-electron chi connectivity index (χ4n) is 2.86. The lowest BCUT2D eigenvalue weighted by molar-refractivity contribution is 0.264. The third-order valence-electron chi connectivity index (χ3n) is 4.30. The average Bonchev–Trinajstić information content (AvgIpc) is 2.85. The van der Waals surface area contributed by atoms with Crippen molar-refractivity contribution in [2.45, 2.75) is 51.9 Å². The van der Waals surface area contributed by atoms with Gasteiger partial charge in [0.25, 0.3) is 0 Å². The van der Waals surface area contributed by atoms with Crippen molar-refractivity contribution in [3.8, 4) is 0 Å². The summed E-state index contributed by atoms with van der Waals surface area (Å²) in [6.07, 6.45) is 1.29. The second-order valence-electron chi connectivity index (χ2n) is 7.51. The number of likely N-dealkylation sites (tertiary alicyclic amines) is 1. The molecule has 1 fully saturated rings. The van der Waals surface area contributed by atoms with Gasteiger partial charge in [0.05, 0.1) is 0 Å². The molecular weight excluding hydrogens is 258 g/mol. The Morgan fingerprint density at radius 3 is 2.43 bits per heavy atom. The number of nitrogens with zero attached hydrogens (tertiary/aromatic N) is 2. The zero-order chi connectivity index (χ0) is 15.5. The summed E-state index contributed by atoms with van der Waals surface area (Å²) < 4.78 is 0. The number of likely N-dealkylation sites (N-methyl/N-ethyl adjacent to an activating group) is 1. The summed E-state index contributed by atoms with van der Waals surface area (Å²) in [5, 5.41) is 3.60. The average molecular weight is 289 g/mol. The number of hydrogen-bond donors (Lipinski definition) is 1. The van der Waals surface area contributed by atoms with Crippen LogP contribution in [0.25, 0.3) is 0 Å². The second kappa shape index (κ2) is 6.91. The zero-order valence-electron chi connectivity index (χ0n) is 14.3. The van der Waals surface area contributed by atoms with E-state index in [9.17, 15) is 0 Å². The van der Waals surface area contributed by atoms with Gasteiger partial charge in [0, 0.05) is 37.8 Å². The van der Waals surface area contributed by atoms with E-state index in [1.54, 1.807) is 0 Å². The van der Waals surface area contributed by atoms with Crippen LogP contribution in [-0.2, 0) is 13.1 Å². The molecule has 1 aromatic carbocycles. The first-order chi connectivity index (χ1) is 9.85. The second-order valence-corrected chi connectivity index (χ2v) is 7.51. The van der Waals surface area contributed by atoms with Gasteiger partial charge < -0.3 is 10.2 Å². The van der Waals surface area contributed by atoms with E-state index in [1.165, 1.54) is 30.6 Å². The highest BCUT2D eigenvalue weighted by molar-refractivity contribution is 5.27. The van der Waals surface area contributed by atoms with Crippen LogP contribution in [0.4, 0.5) is 0 Å². The Morgan fingerprint density at radius 2 is 1.86 bits per heavy atom. The molecule has 3 heteroatoms. The van der Waals surface area contributed by atoms with Crippen LogP contribution in [0.1, 0.15) is 38.3 Å². The van der Waals surface area contributed by atoms with Crippen LogP contribution >= 0.6 is 0 Å². The van der Waals surface area contributed by atoms with E-state index < -0.39 is 0 Å². The monoisotopic (exact) mass is 289 g/mol. The lowest BCUT2D eigenvalue weighted by Gasteiger charge is -2.24. The van der Waals surface area contributed by atoms with E-state index >= 15 is 0 Å². The third-order valence-corrected chi connectivity index (χ3v) is 4.30. The van der Waals surface area contributed by atoms with Crippen LogP contribution < -0.4 is 5.32 Å². The number of hydrogen-bond acceptors (Lipinski definition) is 3. The molecule has 1 aliphatic heterocycles. The molecule has 21 heavy (non-hydrogen) atoms. The molecule has 1 aliphatic rings. The van der Waals surface area contributed by atoms with E-state index in [2.05, 4.69) is 74.2 Å². The number of nitrogens with one attached hydrogen (secondary N) is 1. The minimum atomic E-state index is 0.163. The predicted octanol–water partition coefficient (Wildman–Crippen LogP) is 2.71. The largest absolute Gasteiger partial charge is 0.308 e. The van der Waals surface area contributed by atoms with Crippen molar-refractivity contribution in [1.82, 2.24) is 15.1 Å². The molecule has 3 nitrogen and oxygen atoms in total. The summed E-state index contributed by atoms with van der Waals surface area (Å²) in [5.41, 5.74) is 3.06. The molecule has 118 valence electrons. The lowest BCUT2D eigenvalue weighted by Crippen LogP contribution is -2.35. The van der Waals surface area contributed by atoms with Crippen LogP contribution in [0.15, 0.2) is 24.3 Å². The number of benzene rings is 1. The van der Waals surface area contributed by atoms with Gasteiger partial charge in [-0.05, 0) is 52.4 Å². The van der Waals surface area contributed by atoms with Crippen LogP contribution in [-0.4, -0.2) is 48.6 Å². The summed E-state index contributed by atoms with van der Waals surface area (Å²) in [6, 6.07) is 9.56. The highest BCUT2D eigenvalue weighted by atomic mass is 15.2. The quantitative estimate of drug-likeness (QED) is 0.899. The van der Waals surface area contributed by atoms with E-state index in [1.807, 2.05) is 0 Å². The molecule has 1 N–H and O–H groups in total. The van der Waals surface area contributed by atoms with Gasteiger partial charge in [-0.25, -0.2) is 0 Å². The fourth-order valence-corrected chi connectivity index (χ4v) is 2.86. The molecule has 1 heterocycles. The minimum absolute atomic E-state index is 0.163. The standard InChI is InChI=1S/C18H31N3/c1-18(2,3)19-12-15-8-6-7-9-16(15)13-21-11-10-17(14-21)20(4)5/h6-9,17,19H,10-14H2,1-5H3. The van der Waals surface area contributed by atoms with Gasteiger partial charge in [-0.2, -0.15) is 0 Å². The Balaban J connectivity index is 1.97. The molecule has 0 aromatic heterocycles. The summed E-state index contributed by atoms with van der Waals surface area (Å²) >= 11 is 0.